The highest BCUT2D eigenvalue weighted by Gasteiger charge is 2.36. The fourth-order valence-corrected chi connectivity index (χ4v) is 4.30. The van der Waals surface area contributed by atoms with Crippen molar-refractivity contribution in [2.45, 2.75) is 58.4 Å². The van der Waals surface area contributed by atoms with Crippen LogP contribution in [0.25, 0.3) is 0 Å². The third-order valence-electron chi connectivity index (χ3n) is 5.52. The molecule has 0 amide bonds. The molecule has 3 nitrogen and oxygen atoms in total. The summed E-state index contributed by atoms with van der Waals surface area (Å²) >= 11 is 0. The summed E-state index contributed by atoms with van der Waals surface area (Å²) in [7, 11) is 4.64. The molecule has 0 aromatic rings. The minimum absolute atomic E-state index is 0.541. The molecule has 0 bridgehead atoms. The highest BCUT2D eigenvalue weighted by Crippen LogP contribution is 2.38. The van der Waals surface area contributed by atoms with Gasteiger partial charge < -0.3 is 15.1 Å². The summed E-state index contributed by atoms with van der Waals surface area (Å²) in [5.74, 6) is 0.758. The summed E-state index contributed by atoms with van der Waals surface area (Å²) in [6.07, 6.45) is 8.46. The van der Waals surface area contributed by atoms with Gasteiger partial charge in [-0.05, 0) is 64.2 Å². The smallest absolute Gasteiger partial charge is 0.0220 e. The fourth-order valence-electron chi connectivity index (χ4n) is 4.30. The maximum Gasteiger partial charge on any atom is 0.0220 e. The van der Waals surface area contributed by atoms with E-state index in [2.05, 4.69) is 43.1 Å². The van der Waals surface area contributed by atoms with E-state index in [0.29, 0.717) is 5.41 Å². The van der Waals surface area contributed by atoms with Crippen molar-refractivity contribution in [3.8, 4) is 0 Å². The van der Waals surface area contributed by atoms with Gasteiger partial charge in [-0.2, -0.15) is 0 Å². The van der Waals surface area contributed by atoms with Crippen molar-refractivity contribution in [2.75, 3.05) is 46.8 Å². The average molecular weight is 296 g/mol. The molecule has 2 aliphatic rings. The van der Waals surface area contributed by atoms with Gasteiger partial charge in [0.2, 0.25) is 0 Å². The topological polar surface area (TPSA) is 18.5 Å². The van der Waals surface area contributed by atoms with Crippen LogP contribution >= 0.6 is 0 Å². The number of nitrogens with zero attached hydrogens (tertiary/aromatic N) is 2. The summed E-state index contributed by atoms with van der Waals surface area (Å²) in [6.45, 7) is 10.8. The first-order valence-corrected chi connectivity index (χ1v) is 9.10. The van der Waals surface area contributed by atoms with E-state index < -0.39 is 0 Å². The molecule has 1 atom stereocenters. The molecule has 1 aliphatic heterocycles. The number of nitrogens with one attached hydrogen (secondary N) is 1. The number of hydrogen-bond donors (Lipinski definition) is 1. The minimum atomic E-state index is 0.541. The first kappa shape index (κ1) is 17.2. The van der Waals surface area contributed by atoms with Crippen molar-refractivity contribution >= 4 is 0 Å². The highest BCUT2D eigenvalue weighted by molar-refractivity contribution is 4.91. The molecule has 0 radical (unpaired) electrons. The van der Waals surface area contributed by atoms with Crippen LogP contribution in [0.2, 0.25) is 0 Å². The first-order valence-electron chi connectivity index (χ1n) is 9.10. The second-order valence-electron chi connectivity index (χ2n) is 8.21. The zero-order valence-electron chi connectivity index (χ0n) is 14.8. The molecule has 0 aromatic heterocycles. The maximum atomic E-state index is 3.75. The SMILES string of the molecule is CC(C)CNCC1(CN(C)C2CCCN(C)C2)CCCC1. The molecular formula is C18H37N3. The van der Waals surface area contributed by atoms with Crippen molar-refractivity contribution in [1.82, 2.24) is 15.1 Å². The van der Waals surface area contributed by atoms with Crippen LogP contribution in [0.3, 0.4) is 0 Å². The number of likely N-dealkylation sites (tertiary alicyclic amines) is 1. The van der Waals surface area contributed by atoms with Crippen LogP contribution in [0.1, 0.15) is 52.4 Å². The van der Waals surface area contributed by atoms with Gasteiger partial charge in [0.05, 0.1) is 0 Å². The molecule has 124 valence electrons. The van der Waals surface area contributed by atoms with Gasteiger partial charge >= 0.3 is 0 Å². The summed E-state index contributed by atoms with van der Waals surface area (Å²) in [5.41, 5.74) is 0.541. The van der Waals surface area contributed by atoms with E-state index >= 15 is 0 Å². The number of piperidine rings is 1. The van der Waals surface area contributed by atoms with Gasteiger partial charge in [-0.15, -0.1) is 0 Å². The first-order chi connectivity index (χ1) is 10.0. The monoisotopic (exact) mass is 295 g/mol. The van der Waals surface area contributed by atoms with Crippen LogP contribution in [0.15, 0.2) is 0 Å². The Kier molecular flexibility index (Phi) is 6.51. The van der Waals surface area contributed by atoms with Gasteiger partial charge in [0.1, 0.15) is 0 Å². The van der Waals surface area contributed by atoms with Crippen LogP contribution < -0.4 is 5.32 Å². The largest absolute Gasteiger partial charge is 0.316 e. The normalized spacial score (nSPS) is 26.9. The molecule has 3 heteroatoms. The lowest BCUT2D eigenvalue weighted by atomic mass is 9.84. The molecule has 2 rings (SSSR count). The molecule has 21 heavy (non-hydrogen) atoms. The quantitative estimate of drug-likeness (QED) is 0.779. The van der Waals surface area contributed by atoms with Crippen molar-refractivity contribution < 1.29 is 0 Å². The van der Waals surface area contributed by atoms with Crippen molar-refractivity contribution in [3.63, 3.8) is 0 Å². The lowest BCUT2D eigenvalue weighted by Crippen LogP contribution is -2.50. The Labute approximate surface area is 132 Å². The zero-order chi connectivity index (χ0) is 15.3. The van der Waals surface area contributed by atoms with Gasteiger partial charge in [0.15, 0.2) is 0 Å². The molecule has 1 unspecified atom stereocenters. The third-order valence-corrected chi connectivity index (χ3v) is 5.52. The van der Waals surface area contributed by atoms with E-state index in [1.54, 1.807) is 0 Å². The summed E-state index contributed by atoms with van der Waals surface area (Å²) in [4.78, 5) is 5.18. The van der Waals surface area contributed by atoms with Crippen LogP contribution in [0.5, 0.6) is 0 Å². The zero-order valence-corrected chi connectivity index (χ0v) is 14.8. The standard InChI is InChI=1S/C18H37N3/c1-16(2)12-19-14-18(9-5-6-10-18)15-21(4)17-8-7-11-20(3)13-17/h16-17,19H,5-15H2,1-4H3. The molecule has 1 saturated heterocycles. The van der Waals surface area contributed by atoms with Gasteiger partial charge in [-0.1, -0.05) is 26.7 Å². The highest BCUT2D eigenvalue weighted by atomic mass is 15.2. The molecule has 0 spiro atoms. The van der Waals surface area contributed by atoms with E-state index in [0.717, 1.165) is 18.5 Å². The lowest BCUT2D eigenvalue weighted by Gasteiger charge is -2.41. The predicted molar refractivity (Wildman–Crippen MR) is 91.8 cm³/mol. The Bertz CT molecular complexity index is 297. The number of hydrogen-bond acceptors (Lipinski definition) is 3. The molecule has 1 N–H and O–H groups in total. The molecular weight excluding hydrogens is 258 g/mol. The van der Waals surface area contributed by atoms with Crippen molar-refractivity contribution in [2.24, 2.45) is 11.3 Å². The Hall–Kier alpha value is -0.120. The predicted octanol–water partition coefficient (Wildman–Crippen LogP) is 2.82. The lowest BCUT2D eigenvalue weighted by molar-refractivity contribution is 0.0868. The van der Waals surface area contributed by atoms with E-state index in [9.17, 15) is 0 Å². The summed E-state index contributed by atoms with van der Waals surface area (Å²) in [5, 5.41) is 3.75. The van der Waals surface area contributed by atoms with Gasteiger partial charge in [-0.25, -0.2) is 0 Å². The van der Waals surface area contributed by atoms with E-state index in [4.69, 9.17) is 0 Å². The van der Waals surface area contributed by atoms with Crippen LogP contribution in [-0.2, 0) is 0 Å². The summed E-state index contributed by atoms with van der Waals surface area (Å²) in [6, 6.07) is 0.770. The number of rotatable bonds is 7. The second-order valence-corrected chi connectivity index (χ2v) is 8.21. The molecule has 2 fully saturated rings. The van der Waals surface area contributed by atoms with Crippen molar-refractivity contribution in [1.29, 1.82) is 0 Å². The second kappa shape index (κ2) is 7.94. The average Bonchev–Trinajstić information content (AvgIpc) is 2.87. The minimum Gasteiger partial charge on any atom is -0.316 e. The van der Waals surface area contributed by atoms with Crippen LogP contribution in [0.4, 0.5) is 0 Å². The maximum absolute atomic E-state index is 3.75. The Morgan fingerprint density at radius 1 is 1.24 bits per heavy atom. The Balaban J connectivity index is 1.86. The number of likely N-dealkylation sites (N-methyl/N-ethyl adjacent to an activating group) is 2. The van der Waals surface area contributed by atoms with Crippen molar-refractivity contribution in [3.05, 3.63) is 0 Å². The Morgan fingerprint density at radius 3 is 2.57 bits per heavy atom. The van der Waals surface area contributed by atoms with E-state index in [1.807, 2.05) is 0 Å². The van der Waals surface area contributed by atoms with Gasteiger partial charge in [0, 0.05) is 25.7 Å². The van der Waals surface area contributed by atoms with E-state index in [-0.39, 0.29) is 0 Å². The fraction of sp³-hybridized carbons (Fsp3) is 1.00. The van der Waals surface area contributed by atoms with E-state index in [1.165, 1.54) is 64.7 Å². The molecule has 1 aliphatic carbocycles. The summed E-state index contributed by atoms with van der Waals surface area (Å²) < 4.78 is 0. The van der Waals surface area contributed by atoms with Crippen LogP contribution in [-0.4, -0.2) is 62.7 Å². The Morgan fingerprint density at radius 2 is 1.95 bits per heavy atom. The molecule has 1 saturated carbocycles. The third kappa shape index (κ3) is 5.22. The van der Waals surface area contributed by atoms with Crippen LogP contribution in [0, 0.1) is 11.3 Å². The van der Waals surface area contributed by atoms with Gasteiger partial charge in [-0.3, -0.25) is 0 Å². The molecule has 0 aromatic carbocycles. The molecule has 1 heterocycles. The van der Waals surface area contributed by atoms with Gasteiger partial charge in [0.25, 0.3) is 0 Å².